The van der Waals surface area contributed by atoms with Gasteiger partial charge in [0.25, 0.3) is 5.91 Å². The van der Waals surface area contributed by atoms with Gasteiger partial charge >= 0.3 is 5.97 Å². The number of amidine groups is 1. The Morgan fingerprint density at radius 3 is 2.57 bits per heavy atom. The van der Waals surface area contributed by atoms with Gasteiger partial charge in [-0.15, -0.1) is 0 Å². The summed E-state index contributed by atoms with van der Waals surface area (Å²) in [6.45, 7) is 2.66. The molecule has 1 fully saturated rings. The quantitative estimate of drug-likeness (QED) is 0.263. The van der Waals surface area contributed by atoms with Crippen LogP contribution in [0.2, 0.25) is 0 Å². The van der Waals surface area contributed by atoms with E-state index in [2.05, 4.69) is 36.9 Å². The minimum atomic E-state index is -1.03. The zero-order valence-corrected chi connectivity index (χ0v) is 23.9. The highest BCUT2D eigenvalue weighted by Crippen LogP contribution is 2.40. The van der Waals surface area contributed by atoms with E-state index in [4.69, 9.17) is 9.47 Å². The third-order valence-corrected chi connectivity index (χ3v) is 7.49. The molecule has 3 aromatic carbocycles. The van der Waals surface area contributed by atoms with E-state index in [0.717, 1.165) is 15.6 Å². The molecule has 0 spiro atoms. The van der Waals surface area contributed by atoms with Gasteiger partial charge in [0, 0.05) is 11.0 Å². The molecule has 3 aromatic rings. The Morgan fingerprint density at radius 1 is 1.14 bits per heavy atom. The van der Waals surface area contributed by atoms with Crippen LogP contribution in [0.3, 0.4) is 0 Å². The minimum absolute atomic E-state index is 0.134. The summed E-state index contributed by atoms with van der Waals surface area (Å²) in [5.74, 6) is -0.116. The number of likely N-dealkylation sites (N-methyl/N-ethyl adjacent to an activating group) is 1. The van der Waals surface area contributed by atoms with E-state index >= 15 is 0 Å². The molecule has 4 rings (SSSR count). The Kier molecular flexibility index (Phi) is 8.73. The lowest BCUT2D eigenvalue weighted by atomic mass is 10.1. The number of benzene rings is 3. The molecule has 0 aliphatic carbocycles. The first-order valence-electron chi connectivity index (χ1n) is 11.2. The number of carboxylic acids is 1. The van der Waals surface area contributed by atoms with Crippen molar-refractivity contribution < 1.29 is 24.2 Å². The molecule has 0 atom stereocenters. The summed E-state index contributed by atoms with van der Waals surface area (Å²) in [7, 11) is 1.56. The van der Waals surface area contributed by atoms with Crippen molar-refractivity contribution in [3.8, 4) is 11.5 Å². The molecule has 1 amide bonds. The summed E-state index contributed by atoms with van der Waals surface area (Å²) < 4.78 is 13.3. The van der Waals surface area contributed by atoms with E-state index in [1.54, 1.807) is 30.2 Å². The average molecular weight is 646 g/mol. The Labute approximate surface area is 235 Å². The molecule has 37 heavy (non-hydrogen) atoms. The Morgan fingerprint density at radius 2 is 1.89 bits per heavy atom. The first kappa shape index (κ1) is 27.0. The molecule has 1 heterocycles. The van der Waals surface area contributed by atoms with Gasteiger partial charge in [-0.1, -0.05) is 34.1 Å². The van der Waals surface area contributed by atoms with Crippen molar-refractivity contribution in [2.75, 3.05) is 13.7 Å². The van der Waals surface area contributed by atoms with Crippen LogP contribution in [-0.2, 0) is 11.4 Å². The maximum absolute atomic E-state index is 13.1. The Bertz CT molecular complexity index is 1410. The molecule has 1 N–H and O–H groups in total. The van der Waals surface area contributed by atoms with Gasteiger partial charge in [0.2, 0.25) is 0 Å². The topological polar surface area (TPSA) is 88.4 Å². The second-order valence-corrected chi connectivity index (χ2v) is 10.6. The Hall–Kier alpha value is -3.08. The number of nitrogens with zero attached hydrogens (tertiary/aromatic N) is 2. The van der Waals surface area contributed by atoms with Crippen LogP contribution in [0.1, 0.15) is 28.4 Å². The minimum Gasteiger partial charge on any atom is -0.493 e. The van der Waals surface area contributed by atoms with E-state index in [1.807, 2.05) is 43.3 Å². The summed E-state index contributed by atoms with van der Waals surface area (Å²) >= 11 is 8.24. The van der Waals surface area contributed by atoms with Crippen LogP contribution in [-0.4, -0.2) is 40.7 Å². The second-order valence-electron chi connectivity index (χ2n) is 7.86. The van der Waals surface area contributed by atoms with Crippen molar-refractivity contribution in [3.63, 3.8) is 0 Å². The zero-order chi connectivity index (χ0) is 26.5. The van der Waals surface area contributed by atoms with Crippen molar-refractivity contribution >= 4 is 72.4 Å². The van der Waals surface area contributed by atoms with Crippen molar-refractivity contribution in [1.29, 1.82) is 0 Å². The number of thioether (sulfide) groups is 1. The van der Waals surface area contributed by atoms with Crippen LogP contribution in [0, 0.1) is 0 Å². The SMILES string of the molecule is CCN1C(=O)/C(=C/c2cc(Br)c(OCc3ccc(Br)cc3)c(OC)c2)SC1=Nc1cccc(C(=O)O)c1. The summed E-state index contributed by atoms with van der Waals surface area (Å²) in [6, 6.07) is 17.8. The standard InChI is InChI=1S/C27H22Br2N2O5S/c1-3-31-25(32)23(37-27(31)30-20-6-4-5-18(14-20)26(33)34)13-17-11-21(29)24(22(12-17)35-2)36-15-16-7-9-19(28)10-8-16/h4-14H,3,15H2,1-2H3,(H,33,34)/b23-13-,30-27?. The summed E-state index contributed by atoms with van der Waals surface area (Å²) in [4.78, 5) is 31.0. The third kappa shape index (κ3) is 6.44. The first-order chi connectivity index (χ1) is 17.8. The first-order valence-corrected chi connectivity index (χ1v) is 13.6. The maximum atomic E-state index is 13.1. The number of carboxylic acid groups (broad SMARTS) is 1. The van der Waals surface area contributed by atoms with Crippen molar-refractivity contribution in [2.45, 2.75) is 13.5 Å². The fourth-order valence-corrected chi connectivity index (χ4v) is 5.44. The molecule has 1 saturated heterocycles. The fourth-order valence-electron chi connectivity index (χ4n) is 3.54. The number of aromatic carboxylic acids is 1. The second kappa shape index (κ2) is 12.0. The number of hydrogen-bond donors (Lipinski definition) is 1. The smallest absolute Gasteiger partial charge is 0.335 e. The van der Waals surface area contributed by atoms with E-state index in [-0.39, 0.29) is 11.5 Å². The van der Waals surface area contributed by atoms with Crippen molar-refractivity contribution in [3.05, 3.63) is 91.2 Å². The summed E-state index contributed by atoms with van der Waals surface area (Å²) in [6.07, 6.45) is 1.78. The molecule has 0 bridgehead atoms. The average Bonchev–Trinajstić information content (AvgIpc) is 3.17. The number of carbonyl (C=O) groups excluding carboxylic acids is 1. The highest BCUT2D eigenvalue weighted by Gasteiger charge is 2.32. The third-order valence-electron chi connectivity index (χ3n) is 5.37. The van der Waals surface area contributed by atoms with Gasteiger partial charge in [-0.05, 0) is 94.3 Å². The summed E-state index contributed by atoms with van der Waals surface area (Å²) in [5, 5.41) is 9.74. The van der Waals surface area contributed by atoms with Crippen LogP contribution >= 0.6 is 43.6 Å². The molecule has 0 saturated carbocycles. The van der Waals surface area contributed by atoms with Gasteiger partial charge in [0.1, 0.15) is 6.61 Å². The van der Waals surface area contributed by atoms with Crippen LogP contribution < -0.4 is 9.47 Å². The number of halogens is 2. The van der Waals surface area contributed by atoms with E-state index in [1.165, 1.54) is 23.9 Å². The number of carbonyl (C=O) groups is 2. The number of amides is 1. The molecule has 7 nitrogen and oxygen atoms in total. The van der Waals surface area contributed by atoms with Gasteiger partial charge in [-0.3, -0.25) is 9.69 Å². The number of rotatable bonds is 8. The van der Waals surface area contributed by atoms with Gasteiger partial charge in [0.05, 0.1) is 27.7 Å². The molecule has 190 valence electrons. The molecule has 0 aromatic heterocycles. The van der Waals surface area contributed by atoms with E-state index < -0.39 is 5.97 Å². The number of ether oxygens (including phenoxy) is 2. The lowest BCUT2D eigenvalue weighted by molar-refractivity contribution is -0.122. The van der Waals surface area contributed by atoms with Crippen LogP contribution in [0.25, 0.3) is 6.08 Å². The molecule has 0 radical (unpaired) electrons. The number of methoxy groups -OCH3 is 1. The molecule has 10 heteroatoms. The fraction of sp³-hybridized carbons (Fsp3) is 0.148. The molecule has 0 unspecified atom stereocenters. The van der Waals surface area contributed by atoms with Gasteiger partial charge in [-0.2, -0.15) is 0 Å². The molecule has 1 aliphatic heterocycles. The van der Waals surface area contributed by atoms with E-state index in [9.17, 15) is 14.7 Å². The lowest BCUT2D eigenvalue weighted by Gasteiger charge is -2.14. The van der Waals surface area contributed by atoms with Crippen molar-refractivity contribution in [2.24, 2.45) is 4.99 Å². The maximum Gasteiger partial charge on any atom is 0.335 e. The zero-order valence-electron chi connectivity index (χ0n) is 19.9. The van der Waals surface area contributed by atoms with Crippen LogP contribution in [0.15, 0.2) is 79.5 Å². The summed E-state index contributed by atoms with van der Waals surface area (Å²) in [5.41, 5.74) is 2.36. The highest BCUT2D eigenvalue weighted by molar-refractivity contribution is 9.10. The predicted molar refractivity (Wildman–Crippen MR) is 153 cm³/mol. The normalized spacial score (nSPS) is 15.5. The van der Waals surface area contributed by atoms with Gasteiger partial charge < -0.3 is 14.6 Å². The predicted octanol–water partition coefficient (Wildman–Crippen LogP) is 7.12. The van der Waals surface area contributed by atoms with Gasteiger partial charge in [0.15, 0.2) is 16.7 Å². The largest absolute Gasteiger partial charge is 0.493 e. The monoisotopic (exact) mass is 644 g/mol. The number of hydrogen-bond acceptors (Lipinski definition) is 6. The highest BCUT2D eigenvalue weighted by atomic mass is 79.9. The van der Waals surface area contributed by atoms with Crippen molar-refractivity contribution in [1.82, 2.24) is 4.90 Å². The molecule has 1 aliphatic rings. The van der Waals surface area contributed by atoms with E-state index in [0.29, 0.717) is 44.9 Å². The molecular formula is C27H22Br2N2O5S. The lowest BCUT2D eigenvalue weighted by Crippen LogP contribution is -2.28. The molecular weight excluding hydrogens is 624 g/mol. The van der Waals surface area contributed by atoms with Gasteiger partial charge in [-0.25, -0.2) is 9.79 Å². The Balaban J connectivity index is 1.59. The van der Waals surface area contributed by atoms with Crippen LogP contribution in [0.5, 0.6) is 11.5 Å². The van der Waals surface area contributed by atoms with Crippen LogP contribution in [0.4, 0.5) is 5.69 Å². The number of aliphatic imine (C=N–C) groups is 1.